The highest BCUT2D eigenvalue weighted by molar-refractivity contribution is 5.89. The molecule has 110 valence electrons. The lowest BCUT2D eigenvalue weighted by Crippen LogP contribution is -2.24. The van der Waals surface area contributed by atoms with E-state index in [0.29, 0.717) is 5.69 Å². The summed E-state index contributed by atoms with van der Waals surface area (Å²) in [7, 11) is 1.57. The van der Waals surface area contributed by atoms with Crippen molar-refractivity contribution in [3.8, 4) is 0 Å². The topological polar surface area (TPSA) is 53.2 Å². The Hall–Kier alpha value is -2.56. The monoisotopic (exact) mass is 287 g/mol. The maximum atomic E-state index is 12.9. The largest absolute Gasteiger partial charge is 0.379 e. The van der Waals surface area contributed by atoms with Crippen molar-refractivity contribution < 1.29 is 9.18 Å². The van der Waals surface area contributed by atoms with E-state index in [1.165, 1.54) is 12.1 Å². The van der Waals surface area contributed by atoms with Gasteiger partial charge in [0.2, 0.25) is 0 Å². The van der Waals surface area contributed by atoms with Crippen molar-refractivity contribution in [2.24, 2.45) is 0 Å². The molecule has 2 rings (SSSR count). The van der Waals surface area contributed by atoms with E-state index in [1.807, 2.05) is 31.2 Å². The smallest absolute Gasteiger partial charge is 0.318 e. The van der Waals surface area contributed by atoms with Crippen LogP contribution in [-0.4, -0.2) is 13.1 Å². The predicted octanol–water partition coefficient (Wildman–Crippen LogP) is 3.75. The lowest BCUT2D eigenvalue weighted by atomic mass is 10.1. The molecular weight excluding hydrogens is 269 g/mol. The Morgan fingerprint density at radius 3 is 2.14 bits per heavy atom. The molecule has 0 saturated carbocycles. The molecule has 2 aromatic rings. The fraction of sp³-hybridized carbons (Fsp3) is 0.188. The zero-order valence-electron chi connectivity index (χ0n) is 12.0. The Bertz CT molecular complexity index is 596. The fourth-order valence-corrected chi connectivity index (χ4v) is 1.93. The molecule has 3 N–H and O–H groups in total. The molecule has 2 amide bonds. The molecule has 0 spiro atoms. The molecule has 0 heterocycles. The molecule has 0 radical (unpaired) electrons. The average Bonchev–Trinajstić information content (AvgIpc) is 2.49. The summed E-state index contributed by atoms with van der Waals surface area (Å²) in [6.07, 6.45) is 0. The number of hydrogen-bond donors (Lipinski definition) is 3. The third-order valence-corrected chi connectivity index (χ3v) is 3.12. The van der Waals surface area contributed by atoms with Gasteiger partial charge in [-0.05, 0) is 48.9 Å². The SMILES string of the molecule is CNC(=O)Nc1ccc(NC(C)c2ccc(F)cc2)cc1. The maximum absolute atomic E-state index is 12.9. The number of carbonyl (C=O) groups is 1. The van der Waals surface area contributed by atoms with Crippen LogP contribution in [0.25, 0.3) is 0 Å². The van der Waals surface area contributed by atoms with Crippen LogP contribution in [-0.2, 0) is 0 Å². The number of hydrogen-bond acceptors (Lipinski definition) is 2. The summed E-state index contributed by atoms with van der Waals surface area (Å²) < 4.78 is 12.9. The average molecular weight is 287 g/mol. The Kier molecular flexibility index (Phi) is 4.77. The summed E-state index contributed by atoms with van der Waals surface area (Å²) in [5.74, 6) is -0.240. The van der Waals surface area contributed by atoms with Crippen LogP contribution in [0.3, 0.4) is 0 Å². The molecule has 1 atom stereocenters. The van der Waals surface area contributed by atoms with Crippen LogP contribution in [0.2, 0.25) is 0 Å². The second-order valence-electron chi connectivity index (χ2n) is 4.70. The Morgan fingerprint density at radius 1 is 1.00 bits per heavy atom. The Balaban J connectivity index is 1.99. The number of carbonyl (C=O) groups excluding carboxylic acids is 1. The van der Waals surface area contributed by atoms with Gasteiger partial charge in [-0.3, -0.25) is 0 Å². The van der Waals surface area contributed by atoms with Crippen molar-refractivity contribution in [3.05, 3.63) is 59.9 Å². The first-order valence-corrected chi connectivity index (χ1v) is 6.69. The van der Waals surface area contributed by atoms with Crippen LogP contribution in [0, 0.1) is 5.82 Å². The zero-order valence-corrected chi connectivity index (χ0v) is 12.0. The number of urea groups is 1. The van der Waals surface area contributed by atoms with Gasteiger partial charge in [-0.1, -0.05) is 12.1 Å². The molecule has 0 saturated heterocycles. The molecule has 21 heavy (non-hydrogen) atoms. The molecule has 2 aromatic carbocycles. The van der Waals surface area contributed by atoms with E-state index in [2.05, 4.69) is 16.0 Å². The fourth-order valence-electron chi connectivity index (χ4n) is 1.93. The van der Waals surface area contributed by atoms with E-state index >= 15 is 0 Å². The molecule has 0 aromatic heterocycles. The predicted molar refractivity (Wildman–Crippen MR) is 83.0 cm³/mol. The van der Waals surface area contributed by atoms with Crippen molar-refractivity contribution in [2.45, 2.75) is 13.0 Å². The Morgan fingerprint density at radius 2 is 1.57 bits per heavy atom. The van der Waals surface area contributed by atoms with E-state index in [9.17, 15) is 9.18 Å². The van der Waals surface area contributed by atoms with Crippen LogP contribution < -0.4 is 16.0 Å². The van der Waals surface area contributed by atoms with Crippen LogP contribution in [0.1, 0.15) is 18.5 Å². The molecule has 0 aliphatic rings. The van der Waals surface area contributed by atoms with Crippen LogP contribution >= 0.6 is 0 Å². The van der Waals surface area contributed by atoms with Crippen LogP contribution in [0.4, 0.5) is 20.6 Å². The highest BCUT2D eigenvalue weighted by Gasteiger charge is 2.05. The first-order valence-electron chi connectivity index (χ1n) is 6.69. The van der Waals surface area contributed by atoms with Gasteiger partial charge < -0.3 is 16.0 Å². The number of halogens is 1. The summed E-state index contributed by atoms with van der Waals surface area (Å²) in [5.41, 5.74) is 2.65. The van der Waals surface area contributed by atoms with E-state index < -0.39 is 0 Å². The van der Waals surface area contributed by atoms with Crippen LogP contribution in [0.5, 0.6) is 0 Å². The first-order chi connectivity index (χ1) is 10.1. The summed E-state index contributed by atoms with van der Waals surface area (Å²) in [5, 5.41) is 8.50. The number of amides is 2. The third kappa shape index (κ3) is 4.21. The van der Waals surface area contributed by atoms with Gasteiger partial charge in [0.25, 0.3) is 0 Å². The summed E-state index contributed by atoms with van der Waals surface area (Å²) in [4.78, 5) is 11.2. The van der Waals surface area contributed by atoms with Crippen molar-refractivity contribution in [3.63, 3.8) is 0 Å². The molecule has 0 aliphatic heterocycles. The van der Waals surface area contributed by atoms with E-state index in [-0.39, 0.29) is 17.9 Å². The second-order valence-corrected chi connectivity index (χ2v) is 4.70. The van der Waals surface area contributed by atoms with Crippen LogP contribution in [0.15, 0.2) is 48.5 Å². The van der Waals surface area contributed by atoms with Gasteiger partial charge in [-0.25, -0.2) is 9.18 Å². The number of nitrogens with one attached hydrogen (secondary N) is 3. The van der Waals surface area contributed by atoms with Gasteiger partial charge in [0.15, 0.2) is 0 Å². The van der Waals surface area contributed by atoms with Crippen molar-refractivity contribution in [1.29, 1.82) is 0 Å². The van der Waals surface area contributed by atoms with E-state index in [1.54, 1.807) is 19.2 Å². The third-order valence-electron chi connectivity index (χ3n) is 3.12. The Labute approximate surface area is 123 Å². The molecule has 1 unspecified atom stereocenters. The molecule has 4 nitrogen and oxygen atoms in total. The summed E-state index contributed by atoms with van der Waals surface area (Å²) in [6, 6.07) is 13.6. The highest BCUT2D eigenvalue weighted by Crippen LogP contribution is 2.21. The molecular formula is C16H18FN3O. The molecule has 0 aliphatic carbocycles. The zero-order chi connectivity index (χ0) is 15.2. The summed E-state index contributed by atoms with van der Waals surface area (Å²) in [6.45, 7) is 2.00. The number of anilines is 2. The molecule has 0 bridgehead atoms. The second kappa shape index (κ2) is 6.74. The van der Waals surface area contributed by atoms with E-state index in [0.717, 1.165) is 11.3 Å². The lowest BCUT2D eigenvalue weighted by Gasteiger charge is -2.16. The normalized spacial score (nSPS) is 11.6. The van der Waals surface area contributed by atoms with E-state index in [4.69, 9.17) is 0 Å². The molecule has 5 heteroatoms. The van der Waals surface area contributed by atoms with Gasteiger partial charge in [-0.2, -0.15) is 0 Å². The van der Waals surface area contributed by atoms with Gasteiger partial charge in [0.05, 0.1) is 0 Å². The number of rotatable bonds is 4. The minimum Gasteiger partial charge on any atom is -0.379 e. The maximum Gasteiger partial charge on any atom is 0.318 e. The van der Waals surface area contributed by atoms with Crippen molar-refractivity contribution >= 4 is 17.4 Å². The van der Waals surface area contributed by atoms with Gasteiger partial charge >= 0.3 is 6.03 Å². The van der Waals surface area contributed by atoms with Gasteiger partial charge in [-0.15, -0.1) is 0 Å². The lowest BCUT2D eigenvalue weighted by molar-refractivity contribution is 0.254. The minimum absolute atomic E-state index is 0.0587. The summed E-state index contributed by atoms with van der Waals surface area (Å²) >= 11 is 0. The van der Waals surface area contributed by atoms with Gasteiger partial charge in [0, 0.05) is 24.5 Å². The minimum atomic E-state index is -0.254. The molecule has 0 fully saturated rings. The first kappa shape index (κ1) is 14.8. The van der Waals surface area contributed by atoms with Crippen molar-refractivity contribution in [2.75, 3.05) is 17.7 Å². The highest BCUT2D eigenvalue weighted by atomic mass is 19.1. The van der Waals surface area contributed by atoms with Crippen molar-refractivity contribution in [1.82, 2.24) is 5.32 Å². The standard InChI is InChI=1S/C16H18FN3O/c1-11(12-3-5-13(17)6-4-12)19-14-7-9-15(10-8-14)20-16(21)18-2/h3-11,19H,1-2H3,(H2,18,20,21). The van der Waals surface area contributed by atoms with Gasteiger partial charge in [0.1, 0.15) is 5.82 Å². The number of benzene rings is 2. The quantitative estimate of drug-likeness (QED) is 0.802.